The third kappa shape index (κ3) is 4.72. The molecule has 5 nitrogen and oxygen atoms in total. The van der Waals surface area contributed by atoms with Gasteiger partial charge in [0.2, 0.25) is 0 Å². The Kier molecular flexibility index (Phi) is 5.60. The number of ether oxygens (including phenoxy) is 1. The number of aliphatic hydroxyl groups is 1. The number of aryl methyl sites for hydroxylation is 2. The lowest BCUT2D eigenvalue weighted by atomic mass is 10.1. The van der Waals surface area contributed by atoms with E-state index in [1.54, 1.807) is 31.4 Å². The van der Waals surface area contributed by atoms with Gasteiger partial charge >= 0.3 is 6.03 Å². The summed E-state index contributed by atoms with van der Waals surface area (Å²) in [5.41, 5.74) is 3.61. The molecule has 0 aliphatic heterocycles. The zero-order valence-corrected chi connectivity index (χ0v) is 13.6. The number of methoxy groups -OCH3 is 1. The first-order valence-corrected chi connectivity index (χ1v) is 7.43. The SMILES string of the molecule is COc1ccc([C@@H](O)CNC(=O)Nc2ccc(C)cc2C)cc1. The van der Waals surface area contributed by atoms with Gasteiger partial charge in [0.1, 0.15) is 5.75 Å². The van der Waals surface area contributed by atoms with Gasteiger partial charge in [-0.1, -0.05) is 29.8 Å². The predicted molar refractivity (Wildman–Crippen MR) is 90.9 cm³/mol. The first kappa shape index (κ1) is 16.8. The molecule has 2 rings (SSSR count). The minimum atomic E-state index is -0.772. The van der Waals surface area contributed by atoms with Gasteiger partial charge in [0.25, 0.3) is 0 Å². The molecular formula is C18H22N2O3. The quantitative estimate of drug-likeness (QED) is 0.794. The Morgan fingerprint density at radius 1 is 1.17 bits per heavy atom. The molecule has 23 heavy (non-hydrogen) atoms. The number of hydrogen-bond acceptors (Lipinski definition) is 3. The maximum atomic E-state index is 11.9. The Labute approximate surface area is 136 Å². The highest BCUT2D eigenvalue weighted by molar-refractivity contribution is 5.90. The third-order valence-electron chi connectivity index (χ3n) is 3.59. The molecule has 0 aliphatic rings. The zero-order valence-electron chi connectivity index (χ0n) is 13.6. The number of nitrogens with one attached hydrogen (secondary N) is 2. The highest BCUT2D eigenvalue weighted by atomic mass is 16.5. The lowest BCUT2D eigenvalue weighted by molar-refractivity contribution is 0.175. The van der Waals surface area contributed by atoms with Crippen molar-refractivity contribution in [2.24, 2.45) is 0 Å². The second-order valence-corrected chi connectivity index (χ2v) is 5.44. The standard InChI is InChI=1S/C18H22N2O3/c1-12-4-9-16(13(2)10-12)20-18(22)19-11-17(21)14-5-7-15(23-3)8-6-14/h4-10,17,21H,11H2,1-3H3,(H2,19,20,22)/t17-/m0/s1. The lowest BCUT2D eigenvalue weighted by Gasteiger charge is -2.14. The molecule has 122 valence electrons. The number of urea groups is 1. The van der Waals surface area contributed by atoms with Crippen molar-refractivity contribution < 1.29 is 14.6 Å². The van der Waals surface area contributed by atoms with E-state index in [0.29, 0.717) is 0 Å². The second-order valence-electron chi connectivity index (χ2n) is 5.44. The number of carbonyl (C=O) groups is 1. The lowest BCUT2D eigenvalue weighted by Crippen LogP contribution is -2.32. The molecular weight excluding hydrogens is 292 g/mol. The fraction of sp³-hybridized carbons (Fsp3) is 0.278. The molecule has 0 aromatic heterocycles. The van der Waals surface area contributed by atoms with Crippen molar-refractivity contribution in [2.75, 3.05) is 19.0 Å². The maximum absolute atomic E-state index is 11.9. The molecule has 0 unspecified atom stereocenters. The summed E-state index contributed by atoms with van der Waals surface area (Å²) in [6.07, 6.45) is -0.772. The van der Waals surface area contributed by atoms with E-state index in [9.17, 15) is 9.90 Å². The van der Waals surface area contributed by atoms with Crippen LogP contribution in [0.2, 0.25) is 0 Å². The van der Waals surface area contributed by atoms with E-state index in [4.69, 9.17) is 4.74 Å². The predicted octanol–water partition coefficient (Wildman–Crippen LogP) is 3.17. The topological polar surface area (TPSA) is 70.6 Å². The molecule has 5 heteroatoms. The number of anilines is 1. The van der Waals surface area contributed by atoms with E-state index >= 15 is 0 Å². The Morgan fingerprint density at radius 2 is 1.87 bits per heavy atom. The number of carbonyl (C=O) groups excluding carboxylic acids is 1. The number of aliphatic hydroxyl groups excluding tert-OH is 1. The van der Waals surface area contributed by atoms with Crippen molar-refractivity contribution in [3.05, 3.63) is 59.2 Å². The maximum Gasteiger partial charge on any atom is 0.319 e. The van der Waals surface area contributed by atoms with E-state index in [-0.39, 0.29) is 12.6 Å². The fourth-order valence-corrected chi connectivity index (χ4v) is 2.25. The fourth-order valence-electron chi connectivity index (χ4n) is 2.25. The van der Waals surface area contributed by atoms with Crippen LogP contribution in [0.4, 0.5) is 10.5 Å². The summed E-state index contributed by atoms with van der Waals surface area (Å²) >= 11 is 0. The number of benzene rings is 2. The van der Waals surface area contributed by atoms with Gasteiger partial charge in [-0.3, -0.25) is 0 Å². The number of amides is 2. The molecule has 0 aliphatic carbocycles. The van der Waals surface area contributed by atoms with E-state index in [1.165, 1.54) is 0 Å². The minimum absolute atomic E-state index is 0.128. The normalized spacial score (nSPS) is 11.7. The molecule has 0 heterocycles. The molecule has 0 fully saturated rings. The van der Waals surface area contributed by atoms with Gasteiger partial charge < -0.3 is 20.5 Å². The largest absolute Gasteiger partial charge is 0.497 e. The molecule has 2 amide bonds. The molecule has 0 spiro atoms. The van der Waals surface area contributed by atoms with Gasteiger partial charge in [-0.25, -0.2) is 4.79 Å². The molecule has 0 saturated carbocycles. The van der Waals surface area contributed by atoms with Crippen molar-refractivity contribution in [3.63, 3.8) is 0 Å². The highest BCUT2D eigenvalue weighted by Crippen LogP contribution is 2.18. The van der Waals surface area contributed by atoms with Crippen molar-refractivity contribution in [1.82, 2.24) is 5.32 Å². The van der Waals surface area contributed by atoms with Crippen LogP contribution >= 0.6 is 0 Å². The van der Waals surface area contributed by atoms with Gasteiger partial charge in [-0.2, -0.15) is 0 Å². The van der Waals surface area contributed by atoms with Crippen LogP contribution in [0.5, 0.6) is 5.75 Å². The molecule has 2 aromatic carbocycles. The summed E-state index contributed by atoms with van der Waals surface area (Å²) in [4.78, 5) is 11.9. The van der Waals surface area contributed by atoms with Crippen LogP contribution in [0.1, 0.15) is 22.8 Å². The Bertz CT molecular complexity index is 668. The molecule has 1 atom stereocenters. The monoisotopic (exact) mass is 314 g/mol. The first-order valence-electron chi connectivity index (χ1n) is 7.43. The Morgan fingerprint density at radius 3 is 2.48 bits per heavy atom. The van der Waals surface area contributed by atoms with Gasteiger partial charge in [0.15, 0.2) is 0 Å². The molecule has 3 N–H and O–H groups in total. The molecule has 0 bridgehead atoms. The van der Waals surface area contributed by atoms with Gasteiger partial charge in [0.05, 0.1) is 13.2 Å². The van der Waals surface area contributed by atoms with Crippen LogP contribution in [-0.4, -0.2) is 24.8 Å². The van der Waals surface area contributed by atoms with Gasteiger partial charge in [0, 0.05) is 12.2 Å². The molecule has 2 aromatic rings. The Hall–Kier alpha value is -2.53. The van der Waals surface area contributed by atoms with Crippen molar-refractivity contribution >= 4 is 11.7 Å². The summed E-state index contributed by atoms with van der Waals surface area (Å²) in [7, 11) is 1.59. The summed E-state index contributed by atoms with van der Waals surface area (Å²) in [5.74, 6) is 0.724. The average Bonchev–Trinajstić information content (AvgIpc) is 2.55. The highest BCUT2D eigenvalue weighted by Gasteiger charge is 2.10. The van der Waals surface area contributed by atoms with Crippen LogP contribution in [-0.2, 0) is 0 Å². The summed E-state index contributed by atoms with van der Waals surface area (Å²) in [5, 5.41) is 15.6. The minimum Gasteiger partial charge on any atom is -0.497 e. The van der Waals surface area contributed by atoms with E-state index in [1.807, 2.05) is 32.0 Å². The second kappa shape index (κ2) is 7.65. The van der Waals surface area contributed by atoms with Gasteiger partial charge in [-0.05, 0) is 43.2 Å². The zero-order chi connectivity index (χ0) is 16.8. The van der Waals surface area contributed by atoms with Crippen molar-refractivity contribution in [1.29, 1.82) is 0 Å². The number of rotatable bonds is 5. The van der Waals surface area contributed by atoms with Crippen molar-refractivity contribution in [3.8, 4) is 5.75 Å². The third-order valence-corrected chi connectivity index (χ3v) is 3.59. The van der Waals surface area contributed by atoms with E-state index in [0.717, 1.165) is 28.1 Å². The van der Waals surface area contributed by atoms with Crippen molar-refractivity contribution in [2.45, 2.75) is 20.0 Å². The summed E-state index contributed by atoms with van der Waals surface area (Å²) in [6.45, 7) is 4.07. The Balaban J connectivity index is 1.87. The molecule has 0 saturated heterocycles. The van der Waals surface area contributed by atoms with Crippen LogP contribution < -0.4 is 15.4 Å². The van der Waals surface area contributed by atoms with Crippen LogP contribution in [0.25, 0.3) is 0 Å². The first-order chi connectivity index (χ1) is 11.0. The summed E-state index contributed by atoms with van der Waals surface area (Å²) in [6, 6.07) is 12.5. The van der Waals surface area contributed by atoms with Crippen LogP contribution in [0.3, 0.4) is 0 Å². The average molecular weight is 314 g/mol. The van der Waals surface area contributed by atoms with E-state index in [2.05, 4.69) is 10.6 Å². The van der Waals surface area contributed by atoms with Gasteiger partial charge in [-0.15, -0.1) is 0 Å². The van der Waals surface area contributed by atoms with E-state index < -0.39 is 6.10 Å². The van der Waals surface area contributed by atoms with Crippen LogP contribution in [0.15, 0.2) is 42.5 Å². The molecule has 0 radical (unpaired) electrons. The summed E-state index contributed by atoms with van der Waals surface area (Å²) < 4.78 is 5.07. The smallest absolute Gasteiger partial charge is 0.319 e. The number of hydrogen-bond donors (Lipinski definition) is 3. The van der Waals surface area contributed by atoms with Crippen LogP contribution in [0, 0.1) is 13.8 Å².